The fourth-order valence-corrected chi connectivity index (χ4v) is 0. The molecule has 0 aromatic heterocycles. The van der Waals surface area contributed by atoms with E-state index in [1.165, 1.54) is 0 Å². The van der Waals surface area contributed by atoms with Crippen molar-refractivity contribution in [2.75, 3.05) is 0 Å². The second-order valence-electron chi connectivity index (χ2n) is 0.427. The van der Waals surface area contributed by atoms with Crippen LogP contribution in [0.2, 0.25) is 0 Å². The standard InChI is InChI=1S/C2H4O2S.Li.H/c1-2-5(3)4;;/h2H,1H2,(H,3,4);;/q;+1;-1/p-1. The van der Waals surface area contributed by atoms with Crippen molar-refractivity contribution >= 4 is 11.1 Å². The molecule has 0 saturated heterocycles. The Morgan fingerprint density at radius 2 is 2.17 bits per heavy atom. The normalized spacial score (nSPS) is 11.5. The Labute approximate surface area is 52.6 Å². The van der Waals surface area contributed by atoms with Crippen LogP contribution in [0.4, 0.5) is 0 Å². The average Bonchev–Trinajstić information content (AvgIpc) is 1.38. The van der Waals surface area contributed by atoms with Crippen LogP contribution in [0.3, 0.4) is 0 Å². The molecule has 0 heterocycles. The Balaban J connectivity index is -0.0000000800. The molecule has 0 radical (unpaired) electrons. The van der Waals surface area contributed by atoms with Crippen LogP contribution in [0, 0.1) is 0 Å². The van der Waals surface area contributed by atoms with E-state index in [9.17, 15) is 8.76 Å². The predicted molar refractivity (Wildman–Crippen MR) is 20.2 cm³/mol. The molecule has 0 spiro atoms. The van der Waals surface area contributed by atoms with Gasteiger partial charge in [-0.05, 0) is 16.5 Å². The second kappa shape index (κ2) is 5.45. The van der Waals surface area contributed by atoms with Crippen molar-refractivity contribution in [3.63, 3.8) is 0 Å². The first-order chi connectivity index (χ1) is 2.27. The molecule has 0 rings (SSSR count). The summed E-state index contributed by atoms with van der Waals surface area (Å²) in [6.45, 7) is 2.95. The van der Waals surface area contributed by atoms with Crippen molar-refractivity contribution in [3.8, 4) is 0 Å². The SMILES string of the molecule is C=CS(=O)[O-].[H-].[Li+]. The van der Waals surface area contributed by atoms with Crippen LogP contribution in [-0.2, 0) is 11.1 Å². The van der Waals surface area contributed by atoms with Crippen LogP contribution < -0.4 is 18.9 Å². The van der Waals surface area contributed by atoms with Crippen molar-refractivity contribution < 1.29 is 29.0 Å². The molecule has 0 aliphatic rings. The van der Waals surface area contributed by atoms with Gasteiger partial charge in [0.2, 0.25) is 0 Å². The van der Waals surface area contributed by atoms with Gasteiger partial charge in [-0.15, -0.1) is 0 Å². The van der Waals surface area contributed by atoms with E-state index in [2.05, 4.69) is 6.58 Å². The van der Waals surface area contributed by atoms with Gasteiger partial charge in [-0.1, -0.05) is 6.58 Å². The van der Waals surface area contributed by atoms with Crippen LogP contribution in [-0.4, -0.2) is 8.76 Å². The summed E-state index contributed by atoms with van der Waals surface area (Å²) in [5.74, 6) is 0. The topological polar surface area (TPSA) is 40.1 Å². The molecule has 2 nitrogen and oxygen atoms in total. The van der Waals surface area contributed by atoms with Gasteiger partial charge in [0.1, 0.15) is 0 Å². The molecule has 1 atom stereocenters. The van der Waals surface area contributed by atoms with Crippen LogP contribution >= 0.6 is 0 Å². The zero-order valence-electron chi connectivity index (χ0n) is 4.51. The first-order valence-electron chi connectivity index (χ1n) is 0.977. The van der Waals surface area contributed by atoms with Crippen molar-refractivity contribution in [2.24, 2.45) is 0 Å². The molecule has 0 aliphatic heterocycles. The van der Waals surface area contributed by atoms with Crippen LogP contribution in [0.5, 0.6) is 0 Å². The van der Waals surface area contributed by atoms with E-state index >= 15 is 0 Å². The fourth-order valence-electron chi connectivity index (χ4n) is 0. The van der Waals surface area contributed by atoms with Gasteiger partial charge in [-0.25, -0.2) is 0 Å². The molecule has 0 aromatic rings. The van der Waals surface area contributed by atoms with Gasteiger partial charge in [0, 0.05) is 0 Å². The van der Waals surface area contributed by atoms with Crippen LogP contribution in [0.25, 0.3) is 0 Å². The minimum absolute atomic E-state index is 0. The summed E-state index contributed by atoms with van der Waals surface area (Å²) in [6, 6.07) is 0. The molecule has 0 fully saturated rings. The maximum absolute atomic E-state index is 9.25. The van der Waals surface area contributed by atoms with Gasteiger partial charge in [0.05, 0.1) is 0 Å². The molecule has 0 aliphatic carbocycles. The van der Waals surface area contributed by atoms with Crippen molar-refractivity contribution in [2.45, 2.75) is 0 Å². The summed E-state index contributed by atoms with van der Waals surface area (Å²) in [7, 11) is 0. The molecule has 4 heteroatoms. The van der Waals surface area contributed by atoms with E-state index < -0.39 is 11.1 Å². The van der Waals surface area contributed by atoms with E-state index in [0.717, 1.165) is 5.41 Å². The summed E-state index contributed by atoms with van der Waals surface area (Å²) in [6.07, 6.45) is 0. The van der Waals surface area contributed by atoms with E-state index in [1.54, 1.807) is 0 Å². The zero-order chi connectivity index (χ0) is 4.28. The molecule has 0 amide bonds. The van der Waals surface area contributed by atoms with E-state index in [-0.39, 0.29) is 20.3 Å². The Morgan fingerprint density at radius 3 is 2.17 bits per heavy atom. The van der Waals surface area contributed by atoms with Crippen LogP contribution in [0.15, 0.2) is 12.0 Å². The smallest absolute Gasteiger partial charge is 1.00 e. The number of hydrogen-bond donors (Lipinski definition) is 0. The largest absolute Gasteiger partial charge is 1.00 e. The molecule has 0 saturated carbocycles. The summed E-state index contributed by atoms with van der Waals surface area (Å²) in [5.41, 5.74) is 0. The molecule has 32 valence electrons. The third kappa shape index (κ3) is 8.82. The number of hydrogen-bond acceptors (Lipinski definition) is 2. The molecular weight excluding hydrogens is 95.0 g/mol. The third-order valence-electron chi connectivity index (χ3n) is 0.136. The monoisotopic (exact) mass is 99.0 g/mol. The Bertz CT molecular complexity index is 66.7. The molecule has 0 aromatic carbocycles. The van der Waals surface area contributed by atoms with Gasteiger partial charge >= 0.3 is 18.9 Å². The van der Waals surface area contributed by atoms with E-state index in [1.807, 2.05) is 0 Å². The van der Waals surface area contributed by atoms with Crippen LogP contribution in [0.1, 0.15) is 1.43 Å². The predicted octanol–water partition coefficient (Wildman–Crippen LogP) is -2.87. The third-order valence-corrected chi connectivity index (χ3v) is 0.408. The van der Waals surface area contributed by atoms with Gasteiger partial charge in [0.15, 0.2) is 0 Å². The molecule has 0 bridgehead atoms. The minimum atomic E-state index is -2.06. The van der Waals surface area contributed by atoms with Gasteiger partial charge < -0.3 is 5.98 Å². The minimum Gasteiger partial charge on any atom is -1.00 e. The summed E-state index contributed by atoms with van der Waals surface area (Å²) < 4.78 is 18.5. The van der Waals surface area contributed by atoms with E-state index in [4.69, 9.17) is 0 Å². The van der Waals surface area contributed by atoms with Crippen molar-refractivity contribution in [1.82, 2.24) is 0 Å². The fraction of sp³-hybridized carbons (Fsp3) is 0. The molecule has 0 N–H and O–H groups in total. The van der Waals surface area contributed by atoms with Gasteiger partial charge in [-0.2, -0.15) is 0 Å². The zero-order valence-corrected chi connectivity index (χ0v) is 4.33. The van der Waals surface area contributed by atoms with E-state index in [0.29, 0.717) is 0 Å². The van der Waals surface area contributed by atoms with Crippen molar-refractivity contribution in [1.29, 1.82) is 0 Å². The summed E-state index contributed by atoms with van der Waals surface area (Å²) in [4.78, 5) is 0. The molecule has 1 unspecified atom stereocenters. The Hall–Kier alpha value is 0.447. The maximum atomic E-state index is 9.25. The van der Waals surface area contributed by atoms with Gasteiger partial charge in [0.25, 0.3) is 0 Å². The van der Waals surface area contributed by atoms with Crippen molar-refractivity contribution in [3.05, 3.63) is 12.0 Å². The summed E-state index contributed by atoms with van der Waals surface area (Å²) in [5, 5.41) is 0.833. The molecular formula is C2H4LiO2S-. The first kappa shape index (κ1) is 9.67. The quantitative estimate of drug-likeness (QED) is 0.262. The average molecular weight is 99.1 g/mol. The second-order valence-corrected chi connectivity index (χ2v) is 1.28. The number of rotatable bonds is 1. The van der Waals surface area contributed by atoms with Gasteiger partial charge in [-0.3, -0.25) is 4.21 Å². The summed E-state index contributed by atoms with van der Waals surface area (Å²) >= 11 is -2.06. The maximum Gasteiger partial charge on any atom is 1.00 e. The first-order valence-corrected chi connectivity index (χ1v) is 2.12. The Morgan fingerprint density at radius 1 is 2.00 bits per heavy atom. The molecule has 6 heavy (non-hydrogen) atoms. The Kier molecular flexibility index (Phi) is 8.78.